The zero-order valence-electron chi connectivity index (χ0n) is 7.82. The van der Waals surface area contributed by atoms with Gasteiger partial charge >= 0.3 is 5.97 Å². The van der Waals surface area contributed by atoms with Crippen LogP contribution in [0.5, 0.6) is 0 Å². The molecule has 0 aromatic heterocycles. The molecule has 0 N–H and O–H groups in total. The van der Waals surface area contributed by atoms with Gasteiger partial charge in [0, 0.05) is 18.7 Å². The fraction of sp³-hybridized carbons (Fsp3) is 0.625. The van der Waals surface area contributed by atoms with Gasteiger partial charge in [0.2, 0.25) is 5.91 Å². The molecule has 1 heterocycles. The lowest BCUT2D eigenvalue weighted by molar-refractivity contribution is -0.141. The lowest BCUT2D eigenvalue weighted by Gasteiger charge is -2.23. The van der Waals surface area contributed by atoms with Gasteiger partial charge in [-0.15, -0.1) is 0 Å². The number of nitrogens with zero attached hydrogens (tertiary/aromatic N) is 1. The van der Waals surface area contributed by atoms with Crippen molar-refractivity contribution in [2.45, 2.75) is 12.8 Å². The lowest BCUT2D eigenvalue weighted by Crippen LogP contribution is -2.39. The maximum atomic E-state index is 11.2. The van der Waals surface area contributed by atoms with Crippen LogP contribution in [0.2, 0.25) is 0 Å². The first-order valence-electron chi connectivity index (χ1n) is 4.19. The second-order valence-corrected chi connectivity index (χ2v) is 3.78. The Bertz CT molecular complexity index is 250. The van der Waals surface area contributed by atoms with Gasteiger partial charge in [0.25, 0.3) is 5.24 Å². The van der Waals surface area contributed by atoms with E-state index in [4.69, 9.17) is 0 Å². The van der Waals surface area contributed by atoms with Gasteiger partial charge in [0.05, 0.1) is 13.5 Å². The summed E-state index contributed by atoms with van der Waals surface area (Å²) >= 11 is 1.10. The van der Waals surface area contributed by atoms with Crippen LogP contribution in [0, 0.1) is 0 Å². The molecule has 2 amide bonds. The van der Waals surface area contributed by atoms with Gasteiger partial charge in [0.1, 0.15) is 0 Å². The Morgan fingerprint density at radius 2 is 2.29 bits per heavy atom. The SMILES string of the molecule is COC(=O)CCN1C(=O)CCSC1=O. The maximum Gasteiger partial charge on any atom is 0.307 e. The summed E-state index contributed by atoms with van der Waals surface area (Å²) in [6, 6.07) is 0. The summed E-state index contributed by atoms with van der Waals surface area (Å²) in [5.74, 6) is -0.0920. The maximum absolute atomic E-state index is 11.2. The molecule has 0 saturated carbocycles. The Kier molecular flexibility index (Phi) is 3.94. The second-order valence-electron chi connectivity index (χ2n) is 2.74. The van der Waals surface area contributed by atoms with Gasteiger partial charge < -0.3 is 4.74 Å². The molecule has 14 heavy (non-hydrogen) atoms. The van der Waals surface area contributed by atoms with E-state index in [9.17, 15) is 14.4 Å². The monoisotopic (exact) mass is 217 g/mol. The van der Waals surface area contributed by atoms with E-state index in [2.05, 4.69) is 4.74 Å². The third-order valence-electron chi connectivity index (χ3n) is 1.83. The highest BCUT2D eigenvalue weighted by atomic mass is 32.2. The Labute approximate surface area is 85.8 Å². The Balaban J connectivity index is 2.44. The van der Waals surface area contributed by atoms with E-state index < -0.39 is 5.97 Å². The van der Waals surface area contributed by atoms with E-state index >= 15 is 0 Å². The molecule has 1 saturated heterocycles. The molecule has 5 nitrogen and oxygen atoms in total. The van der Waals surface area contributed by atoms with E-state index in [0.29, 0.717) is 12.2 Å². The van der Waals surface area contributed by atoms with Crippen molar-refractivity contribution < 1.29 is 19.1 Å². The summed E-state index contributed by atoms with van der Waals surface area (Å²) in [5, 5.41) is -0.273. The van der Waals surface area contributed by atoms with Crippen LogP contribution < -0.4 is 0 Å². The van der Waals surface area contributed by atoms with Gasteiger partial charge in [-0.25, -0.2) is 0 Å². The molecule has 0 bridgehead atoms. The third-order valence-corrected chi connectivity index (χ3v) is 2.71. The summed E-state index contributed by atoms with van der Waals surface area (Å²) in [4.78, 5) is 34.4. The number of imide groups is 1. The van der Waals surface area contributed by atoms with E-state index in [0.717, 1.165) is 16.7 Å². The van der Waals surface area contributed by atoms with Crippen LogP contribution in [-0.2, 0) is 14.3 Å². The summed E-state index contributed by atoms with van der Waals surface area (Å²) in [6.45, 7) is 0.122. The number of carbonyl (C=O) groups excluding carboxylic acids is 3. The first kappa shape index (κ1) is 11.0. The second kappa shape index (κ2) is 4.99. The van der Waals surface area contributed by atoms with E-state index in [1.165, 1.54) is 7.11 Å². The summed E-state index contributed by atoms with van der Waals surface area (Å²) in [7, 11) is 1.27. The van der Waals surface area contributed by atoms with Crippen LogP contribution in [0.4, 0.5) is 4.79 Å². The van der Waals surface area contributed by atoms with Crippen molar-refractivity contribution in [3.8, 4) is 0 Å². The number of ether oxygens (including phenoxy) is 1. The average molecular weight is 217 g/mol. The van der Waals surface area contributed by atoms with Crippen LogP contribution in [0.15, 0.2) is 0 Å². The Morgan fingerprint density at radius 1 is 1.57 bits per heavy atom. The van der Waals surface area contributed by atoms with Crippen molar-refractivity contribution in [3.05, 3.63) is 0 Å². The molecule has 0 aliphatic carbocycles. The fourth-order valence-corrected chi connectivity index (χ4v) is 1.86. The molecule has 0 atom stereocenters. The molecule has 6 heteroatoms. The highest BCUT2D eigenvalue weighted by Gasteiger charge is 2.26. The van der Waals surface area contributed by atoms with Gasteiger partial charge in [-0.2, -0.15) is 0 Å². The van der Waals surface area contributed by atoms with Crippen molar-refractivity contribution in [1.82, 2.24) is 4.90 Å². The van der Waals surface area contributed by atoms with Gasteiger partial charge in [-0.3, -0.25) is 19.3 Å². The van der Waals surface area contributed by atoms with Crippen LogP contribution >= 0.6 is 11.8 Å². The standard InChI is InChI=1S/C8H11NO4S/c1-13-7(11)2-4-9-6(10)3-5-14-8(9)12/h2-5H2,1H3. The summed E-state index contributed by atoms with van der Waals surface area (Å²) < 4.78 is 4.42. The topological polar surface area (TPSA) is 63.7 Å². The van der Waals surface area contributed by atoms with Crippen LogP contribution in [0.3, 0.4) is 0 Å². The number of hydrogen-bond donors (Lipinski definition) is 0. The van der Waals surface area contributed by atoms with E-state index in [1.807, 2.05) is 0 Å². The number of rotatable bonds is 3. The Hall–Kier alpha value is -1.04. The fourth-order valence-electron chi connectivity index (χ4n) is 1.06. The number of thioether (sulfide) groups is 1. The molecule has 1 aliphatic rings. The molecule has 0 unspecified atom stereocenters. The van der Waals surface area contributed by atoms with E-state index in [-0.39, 0.29) is 24.1 Å². The molecule has 1 aliphatic heterocycles. The first-order valence-corrected chi connectivity index (χ1v) is 5.17. The zero-order chi connectivity index (χ0) is 10.6. The molecule has 0 aromatic rings. The smallest absolute Gasteiger partial charge is 0.307 e. The highest BCUT2D eigenvalue weighted by Crippen LogP contribution is 2.18. The van der Waals surface area contributed by atoms with Crippen LogP contribution in [-0.4, -0.2) is 41.4 Å². The predicted molar refractivity (Wildman–Crippen MR) is 50.8 cm³/mol. The van der Waals surface area contributed by atoms with E-state index in [1.54, 1.807) is 0 Å². The van der Waals surface area contributed by atoms with Crippen molar-refractivity contribution in [2.24, 2.45) is 0 Å². The minimum atomic E-state index is -0.416. The highest BCUT2D eigenvalue weighted by molar-refractivity contribution is 8.13. The third kappa shape index (κ3) is 2.73. The first-order chi connectivity index (χ1) is 6.65. The number of amides is 2. The van der Waals surface area contributed by atoms with Crippen LogP contribution in [0.1, 0.15) is 12.8 Å². The average Bonchev–Trinajstić information content (AvgIpc) is 2.16. The van der Waals surface area contributed by atoms with Crippen molar-refractivity contribution in [1.29, 1.82) is 0 Å². The van der Waals surface area contributed by atoms with Gasteiger partial charge in [-0.05, 0) is 0 Å². The predicted octanol–water partition coefficient (Wildman–Crippen LogP) is 0.635. The molecule has 0 radical (unpaired) electrons. The number of esters is 1. The van der Waals surface area contributed by atoms with Crippen molar-refractivity contribution in [2.75, 3.05) is 19.4 Å². The number of hydrogen-bond acceptors (Lipinski definition) is 5. The molecular weight excluding hydrogens is 206 g/mol. The quantitative estimate of drug-likeness (QED) is 0.649. The summed E-state index contributed by atoms with van der Waals surface area (Å²) in [5.41, 5.74) is 0. The molecule has 1 rings (SSSR count). The largest absolute Gasteiger partial charge is 0.469 e. The molecular formula is C8H11NO4S. The molecule has 1 fully saturated rings. The van der Waals surface area contributed by atoms with Gasteiger partial charge in [0.15, 0.2) is 0 Å². The van der Waals surface area contributed by atoms with Crippen LogP contribution in [0.25, 0.3) is 0 Å². The normalized spacial score (nSPS) is 17.1. The number of methoxy groups -OCH3 is 1. The minimum absolute atomic E-state index is 0.0640. The van der Waals surface area contributed by atoms with Gasteiger partial charge in [-0.1, -0.05) is 11.8 Å². The minimum Gasteiger partial charge on any atom is -0.469 e. The molecule has 0 spiro atoms. The molecule has 0 aromatic carbocycles. The summed E-state index contributed by atoms with van der Waals surface area (Å²) in [6.07, 6.45) is 0.423. The lowest BCUT2D eigenvalue weighted by atomic mass is 10.3. The zero-order valence-corrected chi connectivity index (χ0v) is 8.63. The molecule has 78 valence electrons. The van der Waals surface area contributed by atoms with Crippen molar-refractivity contribution in [3.63, 3.8) is 0 Å². The Morgan fingerprint density at radius 3 is 2.86 bits per heavy atom. The van der Waals surface area contributed by atoms with Crippen molar-refractivity contribution >= 4 is 28.9 Å². The number of carbonyl (C=O) groups is 3.